The number of carbonyl (C=O) groups is 2. The van der Waals surface area contributed by atoms with Gasteiger partial charge in [-0.2, -0.15) is 0 Å². The largest absolute Gasteiger partial charge is 0.384 e. The van der Waals surface area contributed by atoms with Crippen molar-refractivity contribution in [3.05, 3.63) is 138 Å². The molecular weight excluding hydrogens is 836 g/mol. The molecule has 8 rings (SSSR count). The van der Waals surface area contributed by atoms with Gasteiger partial charge in [0.15, 0.2) is 0 Å². The first-order chi connectivity index (χ1) is 27.3. The average molecular weight is 879 g/mol. The minimum Gasteiger partial charge on any atom is -0.384 e. The van der Waals surface area contributed by atoms with Crippen molar-refractivity contribution in [2.75, 3.05) is 54.9 Å². The number of rotatable bonds is 14. The van der Waals surface area contributed by atoms with Crippen molar-refractivity contribution in [3.63, 3.8) is 0 Å². The van der Waals surface area contributed by atoms with Crippen LogP contribution < -0.4 is 0 Å². The molecule has 4 aromatic carbocycles. The number of ether oxygens (including phenoxy) is 4. The number of nitrogens with zero attached hydrogens (tertiary/aromatic N) is 2. The van der Waals surface area contributed by atoms with Crippen LogP contribution in [0.5, 0.6) is 0 Å². The first-order valence-corrected chi connectivity index (χ1v) is 20.3. The van der Waals surface area contributed by atoms with E-state index in [0.29, 0.717) is 61.8 Å². The number of carbonyl (C=O) groups excluding carboxylic acids is 2. The highest BCUT2D eigenvalue weighted by atomic mass is 79.9. The zero-order chi connectivity index (χ0) is 39.1. The molecule has 0 aliphatic carbocycles. The molecule has 4 heterocycles. The zero-order valence-electron chi connectivity index (χ0n) is 31.8. The Bertz CT molecular complexity index is 2240. The maximum Gasteiger partial charge on any atom is 0.265 e. The normalized spacial score (nSPS) is 15.2. The Labute approximate surface area is 344 Å². The highest BCUT2D eigenvalue weighted by Crippen LogP contribution is 2.52. The molecule has 0 spiro atoms. The molecule has 0 saturated carbocycles. The Morgan fingerprint density at radius 2 is 0.821 bits per heavy atom. The van der Waals surface area contributed by atoms with Crippen LogP contribution in [0, 0.1) is 0 Å². The van der Waals surface area contributed by atoms with Crippen LogP contribution in [0.3, 0.4) is 0 Å². The molecular formula is C46H42Br2N2O6. The number of hydrogen-bond acceptors (Lipinski definition) is 6. The second kappa shape index (κ2) is 16.2. The lowest BCUT2D eigenvalue weighted by atomic mass is 9.86. The van der Waals surface area contributed by atoms with E-state index in [1.165, 1.54) is 11.1 Å². The second-order valence-electron chi connectivity index (χ2n) is 14.2. The predicted molar refractivity (Wildman–Crippen MR) is 227 cm³/mol. The summed E-state index contributed by atoms with van der Waals surface area (Å²) in [5.74, 6) is -0.419. The number of fused-ring (bicyclic) bond motifs is 7. The van der Waals surface area contributed by atoms with Gasteiger partial charge in [-0.25, -0.2) is 0 Å². The molecule has 4 aliphatic heterocycles. The fourth-order valence-electron chi connectivity index (χ4n) is 8.30. The van der Waals surface area contributed by atoms with Crippen molar-refractivity contribution in [3.8, 4) is 22.3 Å². The van der Waals surface area contributed by atoms with Crippen molar-refractivity contribution in [1.29, 1.82) is 0 Å². The first-order valence-electron chi connectivity index (χ1n) is 18.7. The zero-order valence-corrected chi connectivity index (χ0v) is 35.0. The van der Waals surface area contributed by atoms with Crippen LogP contribution in [0.15, 0.2) is 93.2 Å². The summed E-state index contributed by atoms with van der Waals surface area (Å²) in [6, 6.07) is 21.4. The second-order valence-corrected chi connectivity index (χ2v) is 16.0. The Morgan fingerprint density at radius 3 is 1.18 bits per heavy atom. The summed E-state index contributed by atoms with van der Waals surface area (Å²) < 4.78 is 24.1. The molecule has 286 valence electrons. The molecule has 0 N–H and O–H groups in total. The topological polar surface area (TPSA) is 77.5 Å². The number of methoxy groups -OCH3 is 4. The minimum atomic E-state index is -0.210. The van der Waals surface area contributed by atoms with E-state index in [1.54, 1.807) is 38.2 Å². The van der Waals surface area contributed by atoms with Crippen LogP contribution in [-0.2, 0) is 54.2 Å². The third kappa shape index (κ3) is 6.76. The van der Waals surface area contributed by atoms with Crippen LogP contribution in [0.2, 0.25) is 0 Å². The summed E-state index contributed by atoms with van der Waals surface area (Å²) >= 11 is 7.31. The smallest absolute Gasteiger partial charge is 0.265 e. The highest BCUT2D eigenvalue weighted by Gasteiger charge is 2.50. The van der Waals surface area contributed by atoms with Crippen molar-refractivity contribution >= 4 is 67.2 Å². The van der Waals surface area contributed by atoms with E-state index < -0.39 is 0 Å². The summed E-state index contributed by atoms with van der Waals surface area (Å²) in [4.78, 5) is 32.5. The molecule has 2 amide bonds. The van der Waals surface area contributed by atoms with Gasteiger partial charge in [0.2, 0.25) is 0 Å². The molecule has 0 aromatic heterocycles. The van der Waals surface area contributed by atoms with E-state index >= 15 is 0 Å². The van der Waals surface area contributed by atoms with Crippen LogP contribution in [0.25, 0.3) is 45.8 Å². The Morgan fingerprint density at radius 1 is 0.464 bits per heavy atom. The summed E-state index contributed by atoms with van der Waals surface area (Å²) in [7, 11) is 6.83. The summed E-state index contributed by atoms with van der Waals surface area (Å²) in [5, 5.41) is 0. The molecule has 0 saturated heterocycles. The minimum absolute atomic E-state index is 0.210. The van der Waals surface area contributed by atoms with Gasteiger partial charge in [-0.3, -0.25) is 19.4 Å². The summed E-state index contributed by atoms with van der Waals surface area (Å²) in [5.41, 5.74) is 14.6. The number of hydrogen-bond donors (Lipinski definition) is 0. The predicted octanol–water partition coefficient (Wildman–Crippen LogP) is 9.08. The van der Waals surface area contributed by atoms with Gasteiger partial charge in [-0.1, -0.05) is 44.0 Å². The molecule has 0 fully saturated rings. The molecule has 0 bridgehead atoms. The van der Waals surface area contributed by atoms with Gasteiger partial charge < -0.3 is 18.9 Å². The third-order valence-electron chi connectivity index (χ3n) is 11.0. The van der Waals surface area contributed by atoms with Gasteiger partial charge >= 0.3 is 0 Å². The van der Waals surface area contributed by atoms with E-state index in [4.69, 9.17) is 18.9 Å². The van der Waals surface area contributed by atoms with Gasteiger partial charge in [0.25, 0.3) is 11.8 Å². The monoisotopic (exact) mass is 876 g/mol. The van der Waals surface area contributed by atoms with Crippen LogP contribution >= 0.6 is 31.9 Å². The van der Waals surface area contributed by atoms with Crippen LogP contribution in [0.1, 0.15) is 44.5 Å². The van der Waals surface area contributed by atoms with Crippen LogP contribution in [0.4, 0.5) is 0 Å². The van der Waals surface area contributed by atoms with Crippen molar-refractivity contribution < 1.29 is 28.5 Å². The molecule has 4 aromatic rings. The number of amides is 2. The van der Waals surface area contributed by atoms with E-state index in [1.807, 2.05) is 24.6 Å². The third-order valence-corrected chi connectivity index (χ3v) is 11.9. The van der Waals surface area contributed by atoms with Gasteiger partial charge in [0, 0.05) is 60.9 Å². The quantitative estimate of drug-likeness (QED) is 0.126. The fourth-order valence-corrected chi connectivity index (χ4v) is 9.11. The number of benzene rings is 4. The van der Waals surface area contributed by atoms with Gasteiger partial charge in [0.1, 0.15) is 0 Å². The van der Waals surface area contributed by atoms with Gasteiger partial charge in [-0.15, -0.1) is 0 Å². The van der Waals surface area contributed by atoms with Crippen LogP contribution in [-0.4, -0.2) is 76.5 Å². The Kier molecular flexibility index (Phi) is 11.1. The van der Waals surface area contributed by atoms with Crippen molar-refractivity contribution in [2.24, 2.45) is 0 Å². The molecule has 8 nitrogen and oxygen atoms in total. The molecule has 0 radical (unpaired) electrons. The van der Waals surface area contributed by atoms with Gasteiger partial charge in [0.05, 0.1) is 49.0 Å². The maximum absolute atomic E-state index is 14.6. The maximum atomic E-state index is 14.6. The number of halogens is 2. The van der Waals surface area contributed by atoms with Gasteiger partial charge in [-0.05, 0) is 142 Å². The van der Waals surface area contributed by atoms with Crippen molar-refractivity contribution in [2.45, 2.75) is 25.7 Å². The lowest BCUT2D eigenvalue weighted by Gasteiger charge is -2.28. The SMILES string of the molecule is COCCc1cc(Br)ccc1-c1cc2c(cc1CCOC)C1=C3C(=O)N4C=Cc5cc(-c6ccc(Br)cc6CCOC)c(CCOC)cc5C4=C3C(=O)N1C=C2. The molecule has 4 aliphatic rings. The molecule has 0 atom stereocenters. The average Bonchev–Trinajstić information content (AvgIpc) is 3.67. The summed E-state index contributed by atoms with van der Waals surface area (Å²) in [6.07, 6.45) is 10.4. The highest BCUT2D eigenvalue weighted by molar-refractivity contribution is 9.10. The van der Waals surface area contributed by atoms with E-state index in [2.05, 4.69) is 92.5 Å². The van der Waals surface area contributed by atoms with E-state index in [0.717, 1.165) is 77.4 Å². The van der Waals surface area contributed by atoms with Crippen molar-refractivity contribution in [1.82, 2.24) is 9.80 Å². The van der Waals surface area contributed by atoms with E-state index in [-0.39, 0.29) is 11.8 Å². The fraction of sp³-hybridized carbons (Fsp3) is 0.261. The Hall–Kier alpha value is -4.42. The molecule has 56 heavy (non-hydrogen) atoms. The lowest BCUT2D eigenvalue weighted by Crippen LogP contribution is -2.27. The van der Waals surface area contributed by atoms with E-state index in [9.17, 15) is 9.59 Å². The standard InChI is InChI=1S/C46H42Br2N2O6/c1-53-17-11-29-21-33(47)5-7-35(29)37-23-27-9-15-49-43(39(27)25-31(37)13-19-55-3)41-42(46(49)52)44-40-26-32(14-20-56-4)38(24-28(40)10-16-50(44)45(41)51)36-8-6-34(48)22-30(36)12-18-54-2/h5-10,15-16,21-26H,11-14,17-20H2,1-4H3. The summed E-state index contributed by atoms with van der Waals surface area (Å²) in [6.45, 7) is 2.23. The first kappa shape index (κ1) is 38.5. The molecule has 0 unspecified atom stereocenters. The molecule has 10 heteroatoms. The Balaban J connectivity index is 1.29. The lowest BCUT2D eigenvalue weighted by molar-refractivity contribution is -0.122.